The van der Waals surface area contributed by atoms with Gasteiger partial charge in [0, 0.05) is 11.6 Å². The molecule has 0 fully saturated rings. The SMILES string of the molecule is CCOc1ccc(/C=C/C(=O)Nc2nnc(-c3ccccc3)s2)cc1OCC. The lowest BCUT2D eigenvalue weighted by Crippen LogP contribution is -2.07. The Morgan fingerprint density at radius 1 is 1.04 bits per heavy atom. The summed E-state index contributed by atoms with van der Waals surface area (Å²) in [4.78, 5) is 12.2. The molecule has 1 amide bonds. The van der Waals surface area contributed by atoms with E-state index in [2.05, 4.69) is 15.5 Å². The highest BCUT2D eigenvalue weighted by molar-refractivity contribution is 7.18. The van der Waals surface area contributed by atoms with Crippen molar-refractivity contribution in [3.05, 3.63) is 60.2 Å². The molecule has 28 heavy (non-hydrogen) atoms. The van der Waals surface area contributed by atoms with Gasteiger partial charge in [0.25, 0.3) is 0 Å². The molecule has 0 spiro atoms. The summed E-state index contributed by atoms with van der Waals surface area (Å²) >= 11 is 1.33. The van der Waals surface area contributed by atoms with Gasteiger partial charge >= 0.3 is 0 Å². The summed E-state index contributed by atoms with van der Waals surface area (Å²) in [5.41, 5.74) is 1.80. The van der Waals surface area contributed by atoms with E-state index in [9.17, 15) is 4.79 Å². The van der Waals surface area contributed by atoms with Crippen LogP contribution in [-0.4, -0.2) is 29.3 Å². The highest BCUT2D eigenvalue weighted by atomic mass is 32.1. The average Bonchev–Trinajstić information content (AvgIpc) is 3.17. The molecule has 7 heteroatoms. The van der Waals surface area contributed by atoms with Crippen LogP contribution >= 0.6 is 11.3 Å². The molecule has 0 aliphatic heterocycles. The second kappa shape index (κ2) is 9.66. The minimum Gasteiger partial charge on any atom is -0.490 e. The molecule has 0 radical (unpaired) electrons. The average molecular weight is 395 g/mol. The maximum Gasteiger partial charge on any atom is 0.250 e. The van der Waals surface area contributed by atoms with Crippen LogP contribution in [0, 0.1) is 0 Å². The van der Waals surface area contributed by atoms with Crippen molar-refractivity contribution in [3.8, 4) is 22.1 Å². The van der Waals surface area contributed by atoms with Gasteiger partial charge in [-0.25, -0.2) is 0 Å². The third-order valence-corrected chi connectivity index (χ3v) is 4.56. The molecule has 3 aromatic rings. The number of rotatable bonds is 8. The lowest BCUT2D eigenvalue weighted by Gasteiger charge is -2.11. The Morgan fingerprint density at radius 2 is 1.79 bits per heavy atom. The Bertz CT molecular complexity index is 955. The van der Waals surface area contributed by atoms with Gasteiger partial charge in [-0.3, -0.25) is 10.1 Å². The van der Waals surface area contributed by atoms with Gasteiger partial charge in [-0.05, 0) is 37.6 Å². The van der Waals surface area contributed by atoms with Gasteiger partial charge in [0.1, 0.15) is 5.01 Å². The normalized spacial score (nSPS) is 10.8. The summed E-state index contributed by atoms with van der Waals surface area (Å²) in [5.74, 6) is 1.07. The predicted molar refractivity (Wildman–Crippen MR) is 112 cm³/mol. The Hall–Kier alpha value is -3.19. The van der Waals surface area contributed by atoms with Crippen LogP contribution in [0.5, 0.6) is 11.5 Å². The van der Waals surface area contributed by atoms with Gasteiger partial charge in [0.2, 0.25) is 11.0 Å². The molecule has 1 aromatic heterocycles. The van der Waals surface area contributed by atoms with E-state index in [1.54, 1.807) is 6.08 Å². The number of anilines is 1. The molecule has 0 saturated heterocycles. The van der Waals surface area contributed by atoms with Gasteiger partial charge in [0.05, 0.1) is 13.2 Å². The molecule has 0 saturated carbocycles. The third-order valence-electron chi connectivity index (χ3n) is 3.67. The topological polar surface area (TPSA) is 73.3 Å². The molecule has 0 bridgehead atoms. The van der Waals surface area contributed by atoms with Gasteiger partial charge in [-0.1, -0.05) is 47.7 Å². The molecule has 2 aromatic carbocycles. The molecule has 1 heterocycles. The van der Waals surface area contributed by atoms with E-state index in [0.717, 1.165) is 16.1 Å². The summed E-state index contributed by atoms with van der Waals surface area (Å²) in [6, 6.07) is 15.3. The molecule has 144 valence electrons. The Labute approximate surface area is 167 Å². The van der Waals surface area contributed by atoms with Crippen LogP contribution in [0.1, 0.15) is 19.4 Å². The first kappa shape index (κ1) is 19.6. The maximum atomic E-state index is 12.2. The highest BCUT2D eigenvalue weighted by Gasteiger charge is 2.08. The van der Waals surface area contributed by atoms with Crippen molar-refractivity contribution in [1.82, 2.24) is 10.2 Å². The zero-order valence-corrected chi connectivity index (χ0v) is 16.5. The van der Waals surface area contributed by atoms with Crippen LogP contribution in [0.4, 0.5) is 5.13 Å². The second-order valence-electron chi connectivity index (χ2n) is 5.67. The lowest BCUT2D eigenvalue weighted by molar-refractivity contribution is -0.111. The van der Waals surface area contributed by atoms with E-state index in [4.69, 9.17) is 9.47 Å². The van der Waals surface area contributed by atoms with E-state index in [0.29, 0.717) is 29.8 Å². The summed E-state index contributed by atoms with van der Waals surface area (Å²) in [7, 11) is 0. The number of hydrogen-bond donors (Lipinski definition) is 1. The fourth-order valence-corrected chi connectivity index (χ4v) is 3.21. The van der Waals surface area contributed by atoms with Gasteiger partial charge in [-0.15, -0.1) is 10.2 Å². The molecule has 3 rings (SSSR count). The van der Waals surface area contributed by atoms with Crippen molar-refractivity contribution in [2.75, 3.05) is 18.5 Å². The smallest absolute Gasteiger partial charge is 0.250 e. The summed E-state index contributed by atoms with van der Waals surface area (Å²) < 4.78 is 11.1. The maximum absolute atomic E-state index is 12.2. The van der Waals surface area contributed by atoms with E-state index in [1.807, 2.05) is 62.4 Å². The van der Waals surface area contributed by atoms with Crippen molar-refractivity contribution < 1.29 is 14.3 Å². The number of hydrogen-bond acceptors (Lipinski definition) is 6. The Kier molecular flexibility index (Phi) is 6.75. The van der Waals surface area contributed by atoms with Crippen LogP contribution < -0.4 is 14.8 Å². The molecule has 0 atom stereocenters. The van der Waals surface area contributed by atoms with Gasteiger partial charge in [0.15, 0.2) is 11.5 Å². The fourth-order valence-electron chi connectivity index (χ4n) is 2.46. The van der Waals surface area contributed by atoms with Crippen LogP contribution in [0.15, 0.2) is 54.6 Å². The molecule has 0 unspecified atom stereocenters. The number of benzene rings is 2. The zero-order valence-electron chi connectivity index (χ0n) is 15.7. The second-order valence-corrected chi connectivity index (χ2v) is 6.65. The molecule has 0 aliphatic carbocycles. The predicted octanol–water partition coefficient (Wildman–Crippen LogP) is 4.65. The molecular formula is C21H21N3O3S. The summed E-state index contributed by atoms with van der Waals surface area (Å²) in [5, 5.41) is 12.1. The minimum atomic E-state index is -0.275. The van der Waals surface area contributed by atoms with Crippen molar-refractivity contribution in [2.24, 2.45) is 0 Å². The number of nitrogens with zero attached hydrogens (tertiary/aromatic N) is 2. The number of nitrogens with one attached hydrogen (secondary N) is 1. The first-order chi connectivity index (χ1) is 13.7. The lowest BCUT2D eigenvalue weighted by atomic mass is 10.2. The quantitative estimate of drug-likeness (QED) is 0.562. The fraction of sp³-hybridized carbons (Fsp3) is 0.190. The van der Waals surface area contributed by atoms with E-state index < -0.39 is 0 Å². The van der Waals surface area contributed by atoms with Gasteiger partial charge in [-0.2, -0.15) is 0 Å². The number of ether oxygens (including phenoxy) is 2. The van der Waals surface area contributed by atoms with Crippen LogP contribution in [0.2, 0.25) is 0 Å². The monoisotopic (exact) mass is 395 g/mol. The molecule has 6 nitrogen and oxygen atoms in total. The zero-order chi connectivity index (χ0) is 19.8. The highest BCUT2D eigenvalue weighted by Crippen LogP contribution is 2.29. The third kappa shape index (κ3) is 5.17. The van der Waals surface area contributed by atoms with Crippen molar-refractivity contribution in [1.29, 1.82) is 0 Å². The number of amides is 1. The Balaban J connectivity index is 1.65. The Morgan fingerprint density at radius 3 is 2.54 bits per heavy atom. The van der Waals surface area contributed by atoms with Crippen molar-refractivity contribution in [2.45, 2.75) is 13.8 Å². The van der Waals surface area contributed by atoms with Crippen LogP contribution in [0.25, 0.3) is 16.6 Å². The minimum absolute atomic E-state index is 0.275. The molecule has 0 aliphatic rings. The molecule has 1 N–H and O–H groups in total. The first-order valence-electron chi connectivity index (χ1n) is 8.97. The number of carbonyl (C=O) groups excluding carboxylic acids is 1. The first-order valence-corrected chi connectivity index (χ1v) is 9.79. The largest absolute Gasteiger partial charge is 0.490 e. The van der Waals surface area contributed by atoms with Crippen molar-refractivity contribution >= 4 is 28.5 Å². The summed E-state index contributed by atoms with van der Waals surface area (Å²) in [6.45, 7) is 4.93. The summed E-state index contributed by atoms with van der Waals surface area (Å²) in [6.07, 6.45) is 3.17. The standard InChI is InChI=1S/C21H21N3O3S/c1-3-26-17-12-10-15(14-18(17)27-4-2)11-13-19(25)22-21-24-23-20(28-21)16-8-6-5-7-9-16/h5-14H,3-4H2,1-2H3,(H,22,24,25)/b13-11+. The van der Waals surface area contributed by atoms with Gasteiger partial charge < -0.3 is 9.47 Å². The molecular weight excluding hydrogens is 374 g/mol. The van der Waals surface area contributed by atoms with Crippen molar-refractivity contribution in [3.63, 3.8) is 0 Å². The number of carbonyl (C=O) groups is 1. The number of aromatic nitrogens is 2. The van der Waals surface area contributed by atoms with E-state index in [-0.39, 0.29) is 5.91 Å². The van der Waals surface area contributed by atoms with E-state index in [1.165, 1.54) is 17.4 Å². The van der Waals surface area contributed by atoms with E-state index >= 15 is 0 Å². The van der Waals surface area contributed by atoms with Crippen LogP contribution in [0.3, 0.4) is 0 Å². The van der Waals surface area contributed by atoms with Crippen LogP contribution in [-0.2, 0) is 4.79 Å².